The van der Waals surface area contributed by atoms with Crippen molar-refractivity contribution in [3.63, 3.8) is 0 Å². The average molecular weight is 439 g/mol. The molecule has 3 aromatic rings. The van der Waals surface area contributed by atoms with Crippen molar-refractivity contribution < 1.29 is 18.3 Å². The third-order valence-corrected chi connectivity index (χ3v) is 6.23. The predicted molar refractivity (Wildman–Crippen MR) is 122 cm³/mol. The van der Waals surface area contributed by atoms with Crippen LogP contribution in [0.2, 0.25) is 0 Å². The minimum Gasteiger partial charge on any atom is -0.508 e. The topological polar surface area (TPSA) is 95.5 Å². The predicted octanol–water partition coefficient (Wildman–Crippen LogP) is 4.42. The van der Waals surface area contributed by atoms with Crippen LogP contribution in [-0.4, -0.2) is 19.4 Å². The number of amides is 1. The fraction of sp³-hybridized carbons (Fsp3) is 0.208. The van der Waals surface area contributed by atoms with E-state index in [9.17, 15) is 18.3 Å². The molecule has 0 aliphatic carbocycles. The molecule has 3 N–H and O–H groups in total. The molecule has 0 saturated carbocycles. The van der Waals surface area contributed by atoms with Gasteiger partial charge in [-0.25, -0.2) is 13.1 Å². The molecule has 6 nitrogen and oxygen atoms in total. The van der Waals surface area contributed by atoms with Gasteiger partial charge >= 0.3 is 0 Å². The third-order valence-electron chi connectivity index (χ3n) is 4.82. The van der Waals surface area contributed by atoms with Gasteiger partial charge in [0.2, 0.25) is 10.0 Å². The summed E-state index contributed by atoms with van der Waals surface area (Å²) in [5, 5.41) is 12.2. The largest absolute Gasteiger partial charge is 0.508 e. The fourth-order valence-electron chi connectivity index (χ4n) is 2.96. The van der Waals surface area contributed by atoms with E-state index in [1.165, 1.54) is 12.1 Å². The molecule has 0 fully saturated rings. The van der Waals surface area contributed by atoms with E-state index in [0.29, 0.717) is 11.3 Å². The van der Waals surface area contributed by atoms with Crippen LogP contribution in [0.5, 0.6) is 5.75 Å². The standard InChI is InChI=1S/C24H26N2O4S/c1-24(2,3)19-11-13-22(14-12-19)31(29,30)25-16-17-7-9-18(10-8-17)23(28)26-20-5-4-6-21(27)15-20/h4-15,25,27H,16H2,1-3H3,(H,26,28). The van der Waals surface area contributed by atoms with Crippen molar-refractivity contribution in [3.8, 4) is 5.75 Å². The minimum absolute atomic E-state index is 0.0509. The minimum atomic E-state index is -3.64. The van der Waals surface area contributed by atoms with E-state index in [1.54, 1.807) is 48.5 Å². The van der Waals surface area contributed by atoms with Crippen LogP contribution in [-0.2, 0) is 22.0 Å². The van der Waals surface area contributed by atoms with Crippen LogP contribution in [0.3, 0.4) is 0 Å². The van der Waals surface area contributed by atoms with Crippen LogP contribution in [0, 0.1) is 0 Å². The molecule has 0 aromatic heterocycles. The quantitative estimate of drug-likeness (QED) is 0.531. The summed E-state index contributed by atoms with van der Waals surface area (Å²) in [4.78, 5) is 12.5. The van der Waals surface area contributed by atoms with E-state index in [2.05, 4.69) is 30.8 Å². The smallest absolute Gasteiger partial charge is 0.255 e. The molecule has 0 saturated heterocycles. The van der Waals surface area contributed by atoms with Crippen molar-refractivity contribution >= 4 is 21.6 Å². The number of carbonyl (C=O) groups is 1. The maximum Gasteiger partial charge on any atom is 0.255 e. The van der Waals surface area contributed by atoms with Gasteiger partial charge in [0.15, 0.2) is 0 Å². The van der Waals surface area contributed by atoms with Crippen molar-refractivity contribution in [1.29, 1.82) is 0 Å². The van der Waals surface area contributed by atoms with Gasteiger partial charge in [-0.15, -0.1) is 0 Å². The number of anilines is 1. The monoisotopic (exact) mass is 438 g/mol. The molecule has 0 aliphatic heterocycles. The van der Waals surface area contributed by atoms with E-state index in [-0.39, 0.29) is 28.5 Å². The molecule has 0 unspecified atom stereocenters. The number of hydrogen-bond donors (Lipinski definition) is 3. The fourth-order valence-corrected chi connectivity index (χ4v) is 3.97. The number of benzene rings is 3. The maximum atomic E-state index is 12.6. The van der Waals surface area contributed by atoms with Gasteiger partial charge in [-0.3, -0.25) is 4.79 Å². The molecule has 0 heterocycles. The number of carbonyl (C=O) groups excluding carboxylic acids is 1. The van der Waals surface area contributed by atoms with Gasteiger partial charge in [0.1, 0.15) is 5.75 Å². The Morgan fingerprint density at radius 2 is 1.58 bits per heavy atom. The van der Waals surface area contributed by atoms with Crippen LogP contribution < -0.4 is 10.0 Å². The number of phenolic OH excluding ortho intramolecular Hbond substituents is 1. The number of phenols is 1. The molecule has 3 rings (SSSR count). The van der Waals surface area contributed by atoms with Gasteiger partial charge in [0.05, 0.1) is 4.90 Å². The van der Waals surface area contributed by atoms with Crippen molar-refractivity contribution in [1.82, 2.24) is 4.72 Å². The first-order valence-corrected chi connectivity index (χ1v) is 11.3. The molecule has 1 amide bonds. The molecular formula is C24H26N2O4S. The van der Waals surface area contributed by atoms with Crippen LogP contribution in [0.25, 0.3) is 0 Å². The molecule has 0 radical (unpaired) electrons. The Labute approximate surface area is 183 Å². The van der Waals surface area contributed by atoms with Gasteiger partial charge in [-0.05, 0) is 52.9 Å². The average Bonchev–Trinajstić information content (AvgIpc) is 2.72. The summed E-state index contributed by atoms with van der Waals surface area (Å²) in [7, 11) is -3.64. The second-order valence-corrected chi connectivity index (χ2v) is 10.1. The van der Waals surface area contributed by atoms with Gasteiger partial charge in [-0.1, -0.05) is 51.1 Å². The lowest BCUT2D eigenvalue weighted by atomic mass is 9.87. The Hall–Kier alpha value is -3.16. The Morgan fingerprint density at radius 1 is 0.935 bits per heavy atom. The van der Waals surface area contributed by atoms with Crippen LogP contribution in [0.1, 0.15) is 42.3 Å². The van der Waals surface area contributed by atoms with E-state index in [1.807, 2.05) is 12.1 Å². The highest BCUT2D eigenvalue weighted by Crippen LogP contribution is 2.23. The number of hydrogen-bond acceptors (Lipinski definition) is 4. The Bertz CT molecular complexity index is 1160. The van der Waals surface area contributed by atoms with E-state index >= 15 is 0 Å². The van der Waals surface area contributed by atoms with Gasteiger partial charge in [0, 0.05) is 23.9 Å². The molecule has 0 aliphatic rings. The summed E-state index contributed by atoms with van der Waals surface area (Å²) >= 11 is 0. The normalized spacial score (nSPS) is 11.8. The van der Waals surface area contributed by atoms with E-state index in [0.717, 1.165) is 11.1 Å². The lowest BCUT2D eigenvalue weighted by Crippen LogP contribution is -2.23. The highest BCUT2D eigenvalue weighted by atomic mass is 32.2. The molecule has 7 heteroatoms. The van der Waals surface area contributed by atoms with Gasteiger partial charge < -0.3 is 10.4 Å². The van der Waals surface area contributed by atoms with Crippen molar-refractivity contribution in [2.24, 2.45) is 0 Å². The molecule has 0 spiro atoms. The molecule has 31 heavy (non-hydrogen) atoms. The summed E-state index contributed by atoms with van der Waals surface area (Å²) in [6, 6.07) is 19.8. The zero-order valence-corrected chi connectivity index (χ0v) is 18.5. The van der Waals surface area contributed by atoms with Crippen LogP contribution >= 0.6 is 0 Å². The molecule has 162 valence electrons. The summed E-state index contributed by atoms with van der Waals surface area (Å²) in [5.41, 5.74) is 2.65. The SMILES string of the molecule is CC(C)(C)c1ccc(S(=O)(=O)NCc2ccc(C(=O)Nc3cccc(O)c3)cc2)cc1. The summed E-state index contributed by atoms with van der Waals surface area (Å²) in [6.45, 7) is 6.32. The maximum absolute atomic E-state index is 12.6. The second-order valence-electron chi connectivity index (χ2n) is 8.30. The molecule has 0 atom stereocenters. The Balaban J connectivity index is 1.62. The third kappa shape index (κ3) is 5.93. The first-order chi connectivity index (χ1) is 14.5. The van der Waals surface area contributed by atoms with Crippen molar-refractivity contribution in [2.75, 3.05) is 5.32 Å². The Kier molecular flexibility index (Phi) is 6.48. The van der Waals surface area contributed by atoms with Crippen molar-refractivity contribution in [3.05, 3.63) is 89.5 Å². The number of aromatic hydroxyl groups is 1. The van der Waals surface area contributed by atoms with Gasteiger partial charge in [0.25, 0.3) is 5.91 Å². The van der Waals surface area contributed by atoms with Crippen molar-refractivity contribution in [2.45, 2.75) is 37.6 Å². The number of sulfonamides is 1. The first-order valence-electron chi connectivity index (χ1n) is 9.84. The number of rotatable bonds is 6. The zero-order valence-electron chi connectivity index (χ0n) is 17.7. The summed E-state index contributed by atoms with van der Waals surface area (Å²) in [5.74, 6) is -0.259. The lowest BCUT2D eigenvalue weighted by Gasteiger charge is -2.19. The van der Waals surface area contributed by atoms with Crippen LogP contribution in [0.4, 0.5) is 5.69 Å². The molecule has 3 aromatic carbocycles. The Morgan fingerprint density at radius 3 is 2.16 bits per heavy atom. The van der Waals surface area contributed by atoms with Crippen LogP contribution in [0.15, 0.2) is 77.7 Å². The zero-order chi connectivity index (χ0) is 22.6. The summed E-state index contributed by atoms with van der Waals surface area (Å²) in [6.07, 6.45) is 0. The second kappa shape index (κ2) is 8.91. The number of nitrogens with one attached hydrogen (secondary N) is 2. The highest BCUT2D eigenvalue weighted by molar-refractivity contribution is 7.89. The first kappa shape index (κ1) is 22.5. The lowest BCUT2D eigenvalue weighted by molar-refractivity contribution is 0.102. The van der Waals surface area contributed by atoms with E-state index < -0.39 is 10.0 Å². The molecule has 0 bridgehead atoms. The highest BCUT2D eigenvalue weighted by Gasteiger charge is 2.17. The van der Waals surface area contributed by atoms with Gasteiger partial charge in [-0.2, -0.15) is 0 Å². The van der Waals surface area contributed by atoms with E-state index in [4.69, 9.17) is 0 Å². The molecular weight excluding hydrogens is 412 g/mol. The summed E-state index contributed by atoms with van der Waals surface area (Å²) < 4.78 is 27.7.